The molecule has 0 saturated heterocycles. The number of amides is 1. The van der Waals surface area contributed by atoms with Gasteiger partial charge in [-0.3, -0.25) is 4.79 Å². The Hall–Kier alpha value is -0.940. The van der Waals surface area contributed by atoms with Crippen molar-refractivity contribution in [3.8, 4) is 0 Å². The highest BCUT2D eigenvalue weighted by Gasteiger charge is 2.33. The maximum atomic E-state index is 11.8. The van der Waals surface area contributed by atoms with Crippen LogP contribution < -0.4 is 5.32 Å². The zero-order chi connectivity index (χ0) is 13.0. The third-order valence-corrected chi connectivity index (χ3v) is 4.13. The van der Waals surface area contributed by atoms with Gasteiger partial charge < -0.3 is 10.4 Å². The maximum absolute atomic E-state index is 11.8. The molecule has 2 rings (SSSR count). The van der Waals surface area contributed by atoms with Gasteiger partial charge in [-0.15, -0.1) is 11.3 Å². The maximum Gasteiger partial charge on any atom is 0.229 e. The lowest BCUT2D eigenvalue weighted by molar-refractivity contribution is -0.120. The van der Waals surface area contributed by atoms with Crippen molar-refractivity contribution >= 4 is 22.4 Å². The Morgan fingerprint density at radius 3 is 2.94 bits per heavy atom. The van der Waals surface area contributed by atoms with Gasteiger partial charge in [0, 0.05) is 5.38 Å². The van der Waals surface area contributed by atoms with Crippen molar-refractivity contribution in [2.24, 2.45) is 0 Å². The summed E-state index contributed by atoms with van der Waals surface area (Å²) in [4.78, 5) is 16.2. The number of aryl methyl sites for hydroxylation is 1. The highest BCUT2D eigenvalue weighted by Crippen LogP contribution is 2.32. The van der Waals surface area contributed by atoms with Gasteiger partial charge in [-0.1, -0.05) is 26.2 Å². The van der Waals surface area contributed by atoms with Gasteiger partial charge in [-0.05, 0) is 19.3 Å². The smallest absolute Gasteiger partial charge is 0.229 e. The molecule has 2 N–H and O–H groups in total. The van der Waals surface area contributed by atoms with E-state index in [-0.39, 0.29) is 12.3 Å². The molecule has 5 heteroatoms. The molecule has 1 saturated carbocycles. The van der Waals surface area contributed by atoms with Crippen LogP contribution in [0.1, 0.15) is 51.1 Å². The van der Waals surface area contributed by atoms with Gasteiger partial charge in [-0.2, -0.15) is 0 Å². The van der Waals surface area contributed by atoms with Crippen LogP contribution >= 0.6 is 11.3 Å². The Morgan fingerprint density at radius 1 is 1.56 bits per heavy atom. The summed E-state index contributed by atoms with van der Waals surface area (Å²) >= 11 is 1.45. The van der Waals surface area contributed by atoms with Crippen molar-refractivity contribution < 1.29 is 9.90 Å². The molecule has 4 nitrogen and oxygen atoms in total. The monoisotopic (exact) mass is 268 g/mol. The summed E-state index contributed by atoms with van der Waals surface area (Å²) in [6.07, 6.45) is 5.69. The lowest BCUT2D eigenvalue weighted by Gasteiger charge is -2.20. The minimum Gasteiger partial charge on any atom is -0.389 e. The van der Waals surface area contributed by atoms with Gasteiger partial charge in [0.25, 0.3) is 0 Å². The summed E-state index contributed by atoms with van der Waals surface area (Å²) in [5.74, 6) is -0.128. The summed E-state index contributed by atoms with van der Waals surface area (Å²) in [5.41, 5.74) is 0.241. The van der Waals surface area contributed by atoms with Crippen molar-refractivity contribution in [1.29, 1.82) is 0 Å². The summed E-state index contributed by atoms with van der Waals surface area (Å²) < 4.78 is 0. The molecule has 0 aliphatic heterocycles. The SMILES string of the molecule is CCCc1csc(NC(=O)CC2(O)CCCC2)n1. The molecule has 1 aliphatic carbocycles. The highest BCUT2D eigenvalue weighted by atomic mass is 32.1. The molecule has 0 bridgehead atoms. The van der Waals surface area contributed by atoms with Crippen LogP contribution in [0.15, 0.2) is 5.38 Å². The second-order valence-corrected chi connectivity index (χ2v) is 5.91. The van der Waals surface area contributed by atoms with Crippen LogP contribution in [0.2, 0.25) is 0 Å². The number of nitrogens with one attached hydrogen (secondary N) is 1. The molecule has 0 radical (unpaired) electrons. The van der Waals surface area contributed by atoms with Crippen molar-refractivity contribution in [3.05, 3.63) is 11.1 Å². The van der Waals surface area contributed by atoms with E-state index in [2.05, 4.69) is 17.2 Å². The Morgan fingerprint density at radius 2 is 2.28 bits per heavy atom. The number of hydrogen-bond donors (Lipinski definition) is 2. The Balaban J connectivity index is 1.86. The third kappa shape index (κ3) is 3.53. The van der Waals surface area contributed by atoms with Gasteiger partial charge in [0.1, 0.15) is 0 Å². The number of carbonyl (C=O) groups is 1. The minimum atomic E-state index is -0.784. The summed E-state index contributed by atoms with van der Waals surface area (Å²) in [6.45, 7) is 2.10. The summed E-state index contributed by atoms with van der Waals surface area (Å²) in [7, 11) is 0. The van der Waals surface area contributed by atoms with E-state index >= 15 is 0 Å². The fraction of sp³-hybridized carbons (Fsp3) is 0.692. The molecule has 0 spiro atoms. The first-order valence-electron chi connectivity index (χ1n) is 6.58. The fourth-order valence-corrected chi connectivity index (χ4v) is 3.17. The summed E-state index contributed by atoms with van der Waals surface area (Å²) in [6, 6.07) is 0. The number of aliphatic hydroxyl groups is 1. The molecule has 1 amide bonds. The Kier molecular flexibility index (Phi) is 4.35. The first-order chi connectivity index (χ1) is 8.61. The molecule has 1 aromatic rings. The largest absolute Gasteiger partial charge is 0.389 e. The molecule has 1 aromatic heterocycles. The molecule has 0 unspecified atom stereocenters. The van der Waals surface area contributed by atoms with E-state index in [1.165, 1.54) is 11.3 Å². The van der Waals surface area contributed by atoms with E-state index < -0.39 is 5.60 Å². The first-order valence-corrected chi connectivity index (χ1v) is 7.46. The van der Waals surface area contributed by atoms with Gasteiger partial charge in [0.15, 0.2) is 5.13 Å². The topological polar surface area (TPSA) is 62.2 Å². The van der Waals surface area contributed by atoms with E-state index in [9.17, 15) is 9.90 Å². The van der Waals surface area contributed by atoms with Crippen LogP contribution in [0.3, 0.4) is 0 Å². The number of nitrogens with zero attached hydrogens (tertiary/aromatic N) is 1. The third-order valence-electron chi connectivity index (χ3n) is 3.33. The standard InChI is InChI=1S/C13H20N2O2S/c1-2-5-10-9-18-12(14-10)15-11(16)8-13(17)6-3-4-7-13/h9,17H,2-8H2,1H3,(H,14,15,16). The van der Waals surface area contributed by atoms with Crippen LogP contribution in [0.5, 0.6) is 0 Å². The van der Waals surface area contributed by atoms with Crippen molar-refractivity contribution in [3.63, 3.8) is 0 Å². The number of aromatic nitrogens is 1. The quantitative estimate of drug-likeness (QED) is 0.863. The highest BCUT2D eigenvalue weighted by molar-refractivity contribution is 7.13. The van der Waals surface area contributed by atoms with Gasteiger partial charge >= 0.3 is 0 Å². The van der Waals surface area contributed by atoms with Crippen LogP contribution in [0.4, 0.5) is 5.13 Å². The van der Waals surface area contributed by atoms with Gasteiger partial charge in [-0.25, -0.2) is 4.98 Å². The number of rotatable bonds is 5. The van der Waals surface area contributed by atoms with E-state index in [1.54, 1.807) is 0 Å². The zero-order valence-electron chi connectivity index (χ0n) is 10.7. The van der Waals surface area contributed by atoms with Crippen LogP contribution in [0, 0.1) is 0 Å². The molecule has 0 atom stereocenters. The number of anilines is 1. The Bertz CT molecular complexity index is 411. The lowest BCUT2D eigenvalue weighted by Crippen LogP contribution is -2.30. The van der Waals surface area contributed by atoms with Gasteiger partial charge in [0.05, 0.1) is 17.7 Å². The van der Waals surface area contributed by atoms with Crippen molar-refractivity contribution in [2.75, 3.05) is 5.32 Å². The number of thiazole rings is 1. The second-order valence-electron chi connectivity index (χ2n) is 5.05. The molecule has 100 valence electrons. The lowest BCUT2D eigenvalue weighted by atomic mass is 9.98. The van der Waals surface area contributed by atoms with E-state index in [0.29, 0.717) is 5.13 Å². The second kappa shape index (κ2) is 5.80. The molecular weight excluding hydrogens is 248 g/mol. The van der Waals surface area contributed by atoms with Crippen LogP contribution in [-0.2, 0) is 11.2 Å². The summed E-state index contributed by atoms with van der Waals surface area (Å²) in [5, 5.41) is 15.6. The number of hydrogen-bond acceptors (Lipinski definition) is 4. The molecule has 1 fully saturated rings. The average molecular weight is 268 g/mol. The Labute approximate surface area is 111 Å². The molecule has 0 aromatic carbocycles. The van der Waals surface area contributed by atoms with Crippen molar-refractivity contribution in [1.82, 2.24) is 4.98 Å². The number of carbonyl (C=O) groups excluding carboxylic acids is 1. The fourth-order valence-electron chi connectivity index (χ4n) is 2.41. The molecule has 1 aliphatic rings. The molecule has 1 heterocycles. The predicted octanol–water partition coefficient (Wildman–Crippen LogP) is 2.73. The van der Waals surface area contributed by atoms with Crippen LogP contribution in [-0.4, -0.2) is 21.6 Å². The van der Waals surface area contributed by atoms with E-state index in [1.807, 2.05) is 5.38 Å². The predicted molar refractivity (Wildman–Crippen MR) is 72.8 cm³/mol. The zero-order valence-corrected chi connectivity index (χ0v) is 11.6. The normalized spacial score (nSPS) is 17.9. The van der Waals surface area contributed by atoms with Crippen LogP contribution in [0.25, 0.3) is 0 Å². The van der Waals surface area contributed by atoms with E-state index in [0.717, 1.165) is 44.2 Å². The molecule has 18 heavy (non-hydrogen) atoms. The minimum absolute atomic E-state index is 0.128. The van der Waals surface area contributed by atoms with E-state index in [4.69, 9.17) is 0 Å². The molecular formula is C13H20N2O2S. The average Bonchev–Trinajstić information content (AvgIpc) is 2.89. The first kappa shape index (κ1) is 13.5. The van der Waals surface area contributed by atoms with Crippen molar-refractivity contribution in [2.45, 2.75) is 57.5 Å². The van der Waals surface area contributed by atoms with Gasteiger partial charge in [0.2, 0.25) is 5.91 Å².